The molecule has 1 aliphatic heterocycles. The minimum absolute atomic E-state index is 0.300. The number of aromatic nitrogens is 1. The highest BCUT2D eigenvalue weighted by atomic mass is 35.5. The molecular weight excluding hydrogens is 328 g/mol. The zero-order chi connectivity index (χ0) is 16.9. The van der Waals surface area contributed by atoms with Gasteiger partial charge in [-0.2, -0.15) is 0 Å². The number of hydrogen-bond acceptors (Lipinski definition) is 4. The zero-order valence-corrected chi connectivity index (χ0v) is 14.0. The first-order valence-corrected chi connectivity index (χ1v) is 7.93. The quantitative estimate of drug-likeness (QED) is 0.782. The Morgan fingerprint density at radius 1 is 1.29 bits per heavy atom. The average molecular weight is 345 g/mol. The predicted molar refractivity (Wildman–Crippen MR) is 91.8 cm³/mol. The number of aryl methyl sites for hydroxylation is 1. The molecule has 3 rings (SSSR count). The second-order valence-corrected chi connectivity index (χ2v) is 5.72. The second-order valence-electron chi connectivity index (χ2n) is 5.31. The van der Waals surface area contributed by atoms with Crippen LogP contribution >= 0.6 is 11.6 Å². The minimum atomic E-state index is 0.300. The Hall–Kier alpha value is -2.44. The third kappa shape index (κ3) is 3.55. The van der Waals surface area contributed by atoms with E-state index in [1.165, 1.54) is 4.90 Å². The molecule has 24 heavy (non-hydrogen) atoms. The van der Waals surface area contributed by atoms with Crippen LogP contribution in [-0.2, 0) is 16.2 Å². The highest BCUT2D eigenvalue weighted by Crippen LogP contribution is 2.29. The molecular formula is C17H17ClN4O2. The summed E-state index contributed by atoms with van der Waals surface area (Å²) in [6, 6.07) is 11.2. The van der Waals surface area contributed by atoms with Gasteiger partial charge in [-0.1, -0.05) is 29.8 Å². The van der Waals surface area contributed by atoms with Crippen LogP contribution in [-0.4, -0.2) is 40.4 Å². The topological polar surface area (TPSA) is 58.0 Å². The molecule has 1 aromatic carbocycles. The lowest BCUT2D eigenvalue weighted by atomic mass is 10.2. The molecule has 1 aliphatic rings. The normalized spacial score (nSPS) is 16.0. The number of benzene rings is 1. The highest BCUT2D eigenvalue weighted by molar-refractivity contribution is 6.33. The number of carbonyl (C=O) groups is 1. The summed E-state index contributed by atoms with van der Waals surface area (Å²) < 4.78 is 0. The third-order valence-electron chi connectivity index (χ3n) is 3.65. The summed E-state index contributed by atoms with van der Waals surface area (Å²) in [6.45, 7) is 3.26. The van der Waals surface area contributed by atoms with Gasteiger partial charge < -0.3 is 0 Å². The number of nitrogens with zero attached hydrogens (tertiary/aromatic N) is 4. The lowest BCUT2D eigenvalue weighted by Crippen LogP contribution is -2.32. The van der Waals surface area contributed by atoms with Crippen molar-refractivity contribution in [1.29, 1.82) is 0 Å². The number of hydroxylamine groups is 2. The van der Waals surface area contributed by atoms with Crippen LogP contribution in [0.4, 0.5) is 5.69 Å². The van der Waals surface area contributed by atoms with E-state index in [0.29, 0.717) is 36.4 Å². The summed E-state index contributed by atoms with van der Waals surface area (Å²) in [4.78, 5) is 27.4. The number of aliphatic imine (C=N–C) groups is 1. The molecule has 0 radical (unpaired) electrons. The van der Waals surface area contributed by atoms with E-state index in [4.69, 9.17) is 16.4 Å². The Morgan fingerprint density at radius 2 is 2.17 bits per heavy atom. The Balaban J connectivity index is 1.84. The number of halogens is 1. The molecule has 1 fully saturated rings. The lowest BCUT2D eigenvalue weighted by molar-refractivity contribution is -0.115. The molecule has 0 N–H and O–H groups in total. The molecule has 0 spiro atoms. The van der Waals surface area contributed by atoms with Crippen LogP contribution in [0.2, 0.25) is 5.02 Å². The van der Waals surface area contributed by atoms with Crippen molar-refractivity contribution < 1.29 is 9.63 Å². The molecule has 0 saturated carbocycles. The molecule has 1 aromatic heterocycles. The van der Waals surface area contributed by atoms with E-state index in [1.807, 2.05) is 37.3 Å². The van der Waals surface area contributed by atoms with Crippen molar-refractivity contribution in [2.24, 2.45) is 4.99 Å². The number of pyridine rings is 1. The largest absolute Gasteiger partial charge is 0.281 e. The van der Waals surface area contributed by atoms with E-state index in [2.05, 4.69) is 9.98 Å². The molecule has 1 amide bonds. The first kappa shape index (κ1) is 16.4. The van der Waals surface area contributed by atoms with Crippen LogP contribution in [0.15, 0.2) is 47.6 Å². The fourth-order valence-corrected chi connectivity index (χ4v) is 2.64. The van der Waals surface area contributed by atoms with Crippen LogP contribution in [0, 0.1) is 6.92 Å². The van der Waals surface area contributed by atoms with Crippen molar-refractivity contribution in [1.82, 2.24) is 14.9 Å². The summed E-state index contributed by atoms with van der Waals surface area (Å²) >= 11 is 6.24. The smallest absolute Gasteiger partial charge is 0.233 e. The van der Waals surface area contributed by atoms with Crippen molar-refractivity contribution >= 4 is 29.7 Å². The summed E-state index contributed by atoms with van der Waals surface area (Å²) in [6.07, 6.45) is 2.46. The standard InChI is InChI=1S/C17H17ClN4O2/c1-13-5-4-7-15(18)16(13)20-17-21(12-23)9-10-22(17)24-11-14-6-2-3-8-19-14/h2-8,12H,9-11H2,1H3/b20-17-. The number of carbonyl (C=O) groups excluding carboxylic acids is 1. The predicted octanol–water partition coefficient (Wildman–Crippen LogP) is 2.94. The molecule has 124 valence electrons. The molecule has 7 heteroatoms. The summed E-state index contributed by atoms with van der Waals surface area (Å²) in [5.41, 5.74) is 2.36. The Bertz CT molecular complexity index is 731. The molecule has 0 bridgehead atoms. The van der Waals surface area contributed by atoms with Crippen molar-refractivity contribution in [3.63, 3.8) is 0 Å². The first-order chi connectivity index (χ1) is 11.7. The van der Waals surface area contributed by atoms with E-state index in [0.717, 1.165) is 17.7 Å². The maximum atomic E-state index is 11.3. The van der Waals surface area contributed by atoms with Crippen LogP contribution < -0.4 is 0 Å². The Kier molecular flexibility index (Phi) is 5.08. The van der Waals surface area contributed by atoms with Gasteiger partial charge in [0.1, 0.15) is 6.61 Å². The first-order valence-electron chi connectivity index (χ1n) is 7.55. The molecule has 2 aromatic rings. The van der Waals surface area contributed by atoms with Crippen molar-refractivity contribution in [2.75, 3.05) is 13.1 Å². The molecule has 2 heterocycles. The molecule has 0 unspecified atom stereocenters. The second kappa shape index (κ2) is 7.42. The van der Waals surface area contributed by atoms with Gasteiger partial charge in [0.2, 0.25) is 12.4 Å². The van der Waals surface area contributed by atoms with Crippen LogP contribution in [0.3, 0.4) is 0 Å². The van der Waals surface area contributed by atoms with E-state index in [-0.39, 0.29) is 0 Å². The third-order valence-corrected chi connectivity index (χ3v) is 3.95. The summed E-state index contributed by atoms with van der Waals surface area (Å²) in [7, 11) is 0. The van der Waals surface area contributed by atoms with Crippen LogP contribution in [0.5, 0.6) is 0 Å². The summed E-state index contributed by atoms with van der Waals surface area (Å²) in [5.74, 6) is 0.428. The number of amides is 1. The molecule has 1 saturated heterocycles. The molecule has 0 atom stereocenters. The summed E-state index contributed by atoms with van der Waals surface area (Å²) in [5, 5.41) is 2.14. The monoisotopic (exact) mass is 344 g/mol. The minimum Gasteiger partial charge on any atom is -0.281 e. The van der Waals surface area contributed by atoms with E-state index in [9.17, 15) is 4.79 Å². The van der Waals surface area contributed by atoms with Gasteiger partial charge in [0.15, 0.2) is 0 Å². The lowest BCUT2D eigenvalue weighted by Gasteiger charge is -2.19. The van der Waals surface area contributed by atoms with Crippen LogP contribution in [0.1, 0.15) is 11.3 Å². The van der Waals surface area contributed by atoms with Gasteiger partial charge in [-0.05, 0) is 30.7 Å². The van der Waals surface area contributed by atoms with E-state index >= 15 is 0 Å². The zero-order valence-electron chi connectivity index (χ0n) is 13.2. The highest BCUT2D eigenvalue weighted by Gasteiger charge is 2.28. The number of hydrogen-bond donors (Lipinski definition) is 0. The van der Waals surface area contributed by atoms with Crippen molar-refractivity contribution in [3.8, 4) is 0 Å². The van der Waals surface area contributed by atoms with Gasteiger partial charge in [0, 0.05) is 12.7 Å². The average Bonchev–Trinajstić information content (AvgIpc) is 2.99. The van der Waals surface area contributed by atoms with Gasteiger partial charge in [-0.3, -0.25) is 19.5 Å². The van der Waals surface area contributed by atoms with Crippen LogP contribution in [0.25, 0.3) is 0 Å². The van der Waals surface area contributed by atoms with Gasteiger partial charge in [-0.15, -0.1) is 0 Å². The fourth-order valence-electron chi connectivity index (χ4n) is 2.38. The van der Waals surface area contributed by atoms with Gasteiger partial charge in [-0.25, -0.2) is 10.1 Å². The van der Waals surface area contributed by atoms with Crippen molar-refractivity contribution in [3.05, 3.63) is 58.9 Å². The number of guanidine groups is 1. The van der Waals surface area contributed by atoms with E-state index in [1.54, 1.807) is 17.3 Å². The fraction of sp³-hybridized carbons (Fsp3) is 0.235. The number of para-hydroxylation sites is 1. The van der Waals surface area contributed by atoms with Gasteiger partial charge >= 0.3 is 0 Å². The Labute approximate surface area is 145 Å². The molecule has 6 nitrogen and oxygen atoms in total. The van der Waals surface area contributed by atoms with E-state index < -0.39 is 0 Å². The Morgan fingerprint density at radius 3 is 2.88 bits per heavy atom. The maximum absolute atomic E-state index is 11.3. The number of rotatable bonds is 5. The van der Waals surface area contributed by atoms with Gasteiger partial charge in [0.05, 0.1) is 22.9 Å². The molecule has 0 aliphatic carbocycles. The SMILES string of the molecule is Cc1cccc(Cl)c1/N=C1/N(C=O)CCN1OCc1ccccn1. The van der Waals surface area contributed by atoms with Gasteiger partial charge in [0.25, 0.3) is 0 Å². The maximum Gasteiger partial charge on any atom is 0.233 e. The van der Waals surface area contributed by atoms with Crippen molar-refractivity contribution in [2.45, 2.75) is 13.5 Å².